The minimum absolute atomic E-state index is 0.0324. The van der Waals surface area contributed by atoms with Crippen LogP contribution in [0.25, 0.3) is 22.3 Å². The molecular weight excluding hydrogens is 725 g/mol. The standard InChI is InChI=1S/C40H50N6O8S/c1-23(2)41-38-43-32(22-55-38)31-19-34(28-16-15-26(52-3)17-30(28)42-31)53-27-18-33-35(47)45-40(37(49)50)20-24(40)11-7-5-4-6-8-14-29(36(48)46(33)21-27)44-39(51)54-25-12-9-10-13-25/h7,11,15-17,19,22-25,27,29,33H,4-6,8-10,12-14,18,20-21H2,1-3H3,(H,41,43)(H,44,51)(H,45,47)(H,49,50)/b11-7-/t24?,27-,29-,33+,40-/m1/s1. The maximum absolute atomic E-state index is 14.5. The molecule has 2 aliphatic carbocycles. The average Bonchev–Trinajstić information content (AvgIpc) is 3.58. The summed E-state index contributed by atoms with van der Waals surface area (Å²) in [6.07, 6.45) is 9.71. The molecule has 294 valence electrons. The highest BCUT2D eigenvalue weighted by Crippen LogP contribution is 2.45. The third-order valence-electron chi connectivity index (χ3n) is 10.9. The van der Waals surface area contributed by atoms with Crippen LogP contribution in [0.2, 0.25) is 0 Å². The van der Waals surface area contributed by atoms with Crippen molar-refractivity contribution in [3.8, 4) is 22.9 Å². The summed E-state index contributed by atoms with van der Waals surface area (Å²) in [5.74, 6) is -1.37. The van der Waals surface area contributed by atoms with Crippen LogP contribution in [0.5, 0.6) is 11.5 Å². The van der Waals surface area contributed by atoms with Gasteiger partial charge in [-0.15, -0.1) is 11.3 Å². The number of carbonyl (C=O) groups is 4. The molecule has 4 heterocycles. The number of ether oxygens (including phenoxy) is 3. The second-order valence-electron chi connectivity index (χ2n) is 15.4. The van der Waals surface area contributed by atoms with Gasteiger partial charge in [0.15, 0.2) is 5.13 Å². The maximum atomic E-state index is 14.5. The van der Waals surface area contributed by atoms with E-state index in [0.717, 1.165) is 50.1 Å². The van der Waals surface area contributed by atoms with Crippen LogP contribution in [0.4, 0.5) is 9.93 Å². The number of rotatable bonds is 9. The van der Waals surface area contributed by atoms with Gasteiger partial charge in [-0.3, -0.25) is 9.59 Å². The van der Waals surface area contributed by atoms with Gasteiger partial charge in [-0.25, -0.2) is 19.6 Å². The number of methoxy groups -OCH3 is 1. The molecule has 1 unspecified atom stereocenters. The predicted molar refractivity (Wildman–Crippen MR) is 207 cm³/mol. The van der Waals surface area contributed by atoms with Crippen LogP contribution in [0, 0.1) is 5.92 Å². The number of pyridine rings is 1. The van der Waals surface area contributed by atoms with Crippen LogP contribution in [-0.2, 0) is 19.1 Å². The van der Waals surface area contributed by atoms with E-state index in [1.807, 2.05) is 55.6 Å². The number of thiazole rings is 1. The molecule has 4 N–H and O–H groups in total. The topological polar surface area (TPSA) is 181 Å². The van der Waals surface area contributed by atoms with Gasteiger partial charge in [0.05, 0.1) is 24.9 Å². The Morgan fingerprint density at radius 2 is 1.84 bits per heavy atom. The lowest BCUT2D eigenvalue weighted by Gasteiger charge is -2.29. The number of carboxylic acids is 1. The summed E-state index contributed by atoms with van der Waals surface area (Å²) in [5, 5.41) is 22.6. The van der Waals surface area contributed by atoms with Crippen LogP contribution in [0.1, 0.15) is 84.5 Å². The lowest BCUT2D eigenvalue weighted by Crippen LogP contribution is -2.56. The normalized spacial score (nSPS) is 26.7. The fraction of sp³-hybridized carbons (Fsp3) is 0.550. The number of benzene rings is 1. The maximum Gasteiger partial charge on any atom is 0.408 e. The first-order chi connectivity index (χ1) is 26.5. The number of carboxylic acid groups (broad SMARTS) is 1. The smallest absolute Gasteiger partial charge is 0.408 e. The number of hydrogen-bond donors (Lipinski definition) is 4. The molecule has 1 saturated heterocycles. The molecule has 2 aromatic heterocycles. The fourth-order valence-corrected chi connectivity index (χ4v) is 8.75. The number of alkyl carbamates (subject to hydrolysis) is 1. The van der Waals surface area contributed by atoms with Crippen molar-refractivity contribution in [1.82, 2.24) is 25.5 Å². The number of amides is 3. The second kappa shape index (κ2) is 16.4. The molecule has 2 saturated carbocycles. The summed E-state index contributed by atoms with van der Waals surface area (Å²) in [6.45, 7) is 4.11. The highest BCUT2D eigenvalue weighted by Gasteiger charge is 2.61. The Balaban J connectivity index is 1.20. The third kappa shape index (κ3) is 8.66. The van der Waals surface area contributed by atoms with Crippen molar-refractivity contribution in [1.29, 1.82) is 0 Å². The quantitative estimate of drug-likeness (QED) is 0.186. The first-order valence-corrected chi connectivity index (χ1v) is 20.3. The minimum atomic E-state index is -1.45. The highest BCUT2D eigenvalue weighted by atomic mass is 32.1. The molecule has 4 aliphatic rings. The summed E-state index contributed by atoms with van der Waals surface area (Å²) < 4.78 is 17.9. The van der Waals surface area contributed by atoms with Crippen molar-refractivity contribution >= 4 is 51.2 Å². The summed E-state index contributed by atoms with van der Waals surface area (Å²) in [7, 11) is 1.58. The molecule has 2 aliphatic heterocycles. The van der Waals surface area contributed by atoms with Crippen molar-refractivity contribution in [2.24, 2.45) is 5.92 Å². The summed E-state index contributed by atoms with van der Waals surface area (Å²) >= 11 is 1.47. The molecule has 15 heteroatoms. The Morgan fingerprint density at radius 1 is 1.04 bits per heavy atom. The molecular formula is C40H50N6O8S. The van der Waals surface area contributed by atoms with Crippen molar-refractivity contribution in [2.45, 2.75) is 120 Å². The van der Waals surface area contributed by atoms with Gasteiger partial charge in [-0.1, -0.05) is 25.0 Å². The van der Waals surface area contributed by atoms with Gasteiger partial charge in [0, 0.05) is 41.3 Å². The number of nitrogens with zero attached hydrogens (tertiary/aromatic N) is 3. The number of hydrogen-bond acceptors (Lipinski definition) is 11. The number of fused-ring (bicyclic) bond motifs is 3. The van der Waals surface area contributed by atoms with E-state index in [4.69, 9.17) is 24.2 Å². The Kier molecular flexibility index (Phi) is 11.5. The first-order valence-electron chi connectivity index (χ1n) is 19.4. The highest BCUT2D eigenvalue weighted by molar-refractivity contribution is 7.14. The van der Waals surface area contributed by atoms with E-state index < -0.39 is 47.6 Å². The number of carbonyl (C=O) groups excluding carboxylic acids is 3. The molecule has 0 radical (unpaired) electrons. The van der Waals surface area contributed by atoms with E-state index in [1.165, 1.54) is 16.2 Å². The zero-order valence-electron chi connectivity index (χ0n) is 31.5. The number of aliphatic carboxylic acids is 1. The van der Waals surface area contributed by atoms with E-state index >= 15 is 0 Å². The monoisotopic (exact) mass is 774 g/mol. The fourth-order valence-electron chi connectivity index (χ4n) is 7.90. The zero-order valence-corrected chi connectivity index (χ0v) is 32.4. The lowest BCUT2D eigenvalue weighted by atomic mass is 10.0. The van der Waals surface area contributed by atoms with E-state index in [0.29, 0.717) is 46.6 Å². The Bertz CT molecular complexity index is 1940. The van der Waals surface area contributed by atoms with Gasteiger partial charge < -0.3 is 40.2 Å². The summed E-state index contributed by atoms with van der Waals surface area (Å²) in [5.41, 5.74) is 0.394. The number of allylic oxidation sites excluding steroid dienone is 1. The van der Waals surface area contributed by atoms with Crippen molar-refractivity contribution in [3.05, 3.63) is 41.8 Å². The van der Waals surface area contributed by atoms with Crippen molar-refractivity contribution in [2.75, 3.05) is 19.0 Å². The predicted octanol–water partition coefficient (Wildman–Crippen LogP) is 6.05. The van der Waals surface area contributed by atoms with Crippen LogP contribution in [0.15, 0.2) is 41.8 Å². The number of nitrogens with one attached hydrogen (secondary N) is 3. The Labute approximate surface area is 324 Å². The SMILES string of the molecule is COc1ccc2c(O[C@@H]3C[C@H]4C(=O)N[C@]5(C(=O)O)CC5/C=C\CCCCC[C@@H](NC(=O)OC5CCCC5)C(=O)N4C3)cc(-c3csc(NC(C)C)n3)nc2c1. The van der Waals surface area contributed by atoms with Crippen molar-refractivity contribution in [3.63, 3.8) is 0 Å². The molecule has 0 spiro atoms. The molecule has 3 fully saturated rings. The van der Waals surface area contributed by atoms with Gasteiger partial charge in [-0.05, 0) is 77.3 Å². The van der Waals surface area contributed by atoms with Crippen LogP contribution in [-0.4, -0.2) is 93.4 Å². The lowest BCUT2D eigenvalue weighted by molar-refractivity contribution is -0.145. The molecule has 1 aromatic carbocycles. The van der Waals surface area contributed by atoms with Gasteiger partial charge in [0.1, 0.15) is 47.0 Å². The molecule has 5 atom stereocenters. The van der Waals surface area contributed by atoms with Gasteiger partial charge in [-0.2, -0.15) is 0 Å². The number of aromatic nitrogens is 2. The molecule has 7 rings (SSSR count). The van der Waals surface area contributed by atoms with Crippen LogP contribution in [0.3, 0.4) is 0 Å². The summed E-state index contributed by atoms with van der Waals surface area (Å²) in [4.78, 5) is 65.5. The Morgan fingerprint density at radius 3 is 2.60 bits per heavy atom. The Hall–Kier alpha value is -4.92. The number of anilines is 1. The summed E-state index contributed by atoms with van der Waals surface area (Å²) in [6, 6.07) is 5.50. The van der Waals surface area contributed by atoms with Crippen molar-refractivity contribution < 1.29 is 38.5 Å². The molecule has 3 aromatic rings. The largest absolute Gasteiger partial charge is 0.497 e. The van der Waals surface area contributed by atoms with Gasteiger partial charge in [0.2, 0.25) is 11.8 Å². The minimum Gasteiger partial charge on any atom is -0.497 e. The average molecular weight is 775 g/mol. The van der Waals surface area contributed by atoms with Gasteiger partial charge >= 0.3 is 12.1 Å². The van der Waals surface area contributed by atoms with E-state index in [1.54, 1.807) is 7.11 Å². The molecule has 0 bridgehead atoms. The zero-order chi connectivity index (χ0) is 38.7. The second-order valence-corrected chi connectivity index (χ2v) is 16.2. The molecule has 14 nitrogen and oxygen atoms in total. The van der Waals surface area contributed by atoms with E-state index in [-0.39, 0.29) is 37.5 Å². The molecule has 55 heavy (non-hydrogen) atoms. The third-order valence-corrected chi connectivity index (χ3v) is 11.7. The molecule has 3 amide bonds. The first kappa shape index (κ1) is 38.4. The van der Waals surface area contributed by atoms with Crippen LogP contribution < -0.4 is 25.4 Å². The van der Waals surface area contributed by atoms with E-state index in [2.05, 4.69) is 16.0 Å². The van der Waals surface area contributed by atoms with Crippen LogP contribution >= 0.6 is 11.3 Å². The van der Waals surface area contributed by atoms with E-state index in [9.17, 15) is 24.3 Å². The van der Waals surface area contributed by atoms with Gasteiger partial charge in [0.25, 0.3) is 0 Å².